The van der Waals surface area contributed by atoms with Gasteiger partial charge < -0.3 is 55.8 Å². The number of carbonyl (C=O) groups is 4. The van der Waals surface area contributed by atoms with Crippen LogP contribution < -0.4 is 0 Å². The quantitative estimate of drug-likeness (QED) is 0.0711. The van der Waals surface area contributed by atoms with Gasteiger partial charge in [0.05, 0.1) is 63.7 Å². The van der Waals surface area contributed by atoms with E-state index in [-0.39, 0.29) is 24.2 Å². The molecule has 0 fully saturated rings. The second kappa shape index (κ2) is 31.8. The van der Waals surface area contributed by atoms with Crippen LogP contribution in [0.25, 0.3) is 0 Å². The predicted octanol–water partition coefficient (Wildman–Crippen LogP) is -3.49. The van der Waals surface area contributed by atoms with E-state index in [2.05, 4.69) is 26.3 Å². The van der Waals surface area contributed by atoms with Gasteiger partial charge in [-0.3, -0.25) is 0 Å². The highest BCUT2D eigenvalue weighted by Crippen LogP contribution is 2.19. The molecular formula is C22H42O15Si. The van der Waals surface area contributed by atoms with E-state index in [1.54, 1.807) is 0 Å². The fraction of sp³-hybridized carbons (Fsp3) is 0.455. The molecule has 0 unspecified atom stereocenters. The molecule has 0 bridgehead atoms. The maximum Gasteiger partial charge on any atom is 0.327 e. The summed E-state index contributed by atoms with van der Waals surface area (Å²) < 4.78 is 5.15. The number of carboxylic acids is 4. The van der Waals surface area contributed by atoms with Crippen molar-refractivity contribution in [1.29, 1.82) is 0 Å². The summed E-state index contributed by atoms with van der Waals surface area (Å²) in [6.45, 7) is 8.84. The number of hydrogen-bond acceptors (Lipinski definition) is 11. The molecule has 0 aromatic heterocycles. The van der Waals surface area contributed by atoms with Crippen molar-refractivity contribution in [3.05, 3.63) is 50.6 Å². The fourth-order valence-electron chi connectivity index (χ4n) is 1.06. The van der Waals surface area contributed by atoms with Gasteiger partial charge in [-0.15, -0.1) is 0 Å². The summed E-state index contributed by atoms with van der Waals surface area (Å²) in [4.78, 5) is 37.0. The summed E-state index contributed by atoms with van der Waals surface area (Å²) in [6.07, 6.45) is 3.33. The van der Waals surface area contributed by atoms with Gasteiger partial charge in [0.1, 0.15) is 0 Å². The van der Waals surface area contributed by atoms with Crippen molar-refractivity contribution in [2.24, 2.45) is 10.8 Å². The molecule has 0 saturated heterocycles. The molecule has 0 amide bonds. The van der Waals surface area contributed by atoms with Gasteiger partial charge in [0.15, 0.2) is 0 Å². The maximum atomic E-state index is 9.25. The summed E-state index contributed by atoms with van der Waals surface area (Å²) in [5.41, 5.74) is -2.32. The first-order valence-corrected chi connectivity index (χ1v) is 9.80. The molecule has 38 heavy (non-hydrogen) atoms. The molecule has 10 N–H and O–H groups in total. The predicted molar refractivity (Wildman–Crippen MR) is 141 cm³/mol. The molecule has 0 saturated carbocycles. The molecule has 0 aliphatic heterocycles. The summed E-state index contributed by atoms with van der Waals surface area (Å²) in [7, 11) is 0. The van der Waals surface area contributed by atoms with Crippen molar-refractivity contribution in [1.82, 2.24) is 0 Å². The molecule has 224 valence electrons. The molecule has 0 spiro atoms. The first-order valence-electron chi connectivity index (χ1n) is 9.80. The highest BCUT2D eigenvalue weighted by atomic mass is 28.1. The Labute approximate surface area is 224 Å². The number of carboxylic acid groups (broad SMARTS) is 4. The molecule has 0 radical (unpaired) electrons. The van der Waals surface area contributed by atoms with Crippen molar-refractivity contribution in [2.45, 2.75) is 0 Å². The second-order valence-corrected chi connectivity index (χ2v) is 6.61. The first-order chi connectivity index (χ1) is 17.2. The zero-order valence-corrected chi connectivity index (χ0v) is 20.3. The number of aliphatic hydroxyl groups is 6. The van der Waals surface area contributed by atoms with Crippen LogP contribution in [0, 0.1) is 10.8 Å². The van der Waals surface area contributed by atoms with Crippen molar-refractivity contribution >= 4 is 34.8 Å². The molecular weight excluding hydrogens is 532 g/mol. The third-order valence-electron chi connectivity index (χ3n) is 3.53. The number of aliphatic carboxylic acids is 4. The molecule has 0 heterocycles. The number of rotatable bonds is 14. The summed E-state index contributed by atoms with van der Waals surface area (Å²) in [5, 5.41) is 84.6. The zero-order valence-electron chi connectivity index (χ0n) is 20.3. The van der Waals surface area contributed by atoms with Crippen LogP contribution in [-0.2, 0) is 23.9 Å². The Bertz CT molecular complexity index is 563. The van der Waals surface area contributed by atoms with E-state index in [0.29, 0.717) is 0 Å². The lowest BCUT2D eigenvalue weighted by molar-refractivity contribution is -0.132. The third-order valence-corrected chi connectivity index (χ3v) is 3.53. The Morgan fingerprint density at radius 1 is 0.500 bits per heavy atom. The minimum absolute atomic E-state index is 0. The molecule has 0 aromatic rings. The standard InChI is InChI=1S/C10H22O7.4C3H4O2.H4Si/c11-1-9(2-12,3-13)7-17-8-10(4-14,5-15)6-16;4*1-2-3(4)5;/h11-16H,1-8H2;4*2H,1H2,(H,4,5);1H4. The number of ether oxygens (including phenoxy) is 1. The minimum atomic E-state index is -1.16. The van der Waals surface area contributed by atoms with Crippen molar-refractivity contribution in [2.75, 3.05) is 52.9 Å². The number of hydrogen-bond donors (Lipinski definition) is 10. The van der Waals surface area contributed by atoms with Gasteiger partial charge in [-0.05, 0) is 11.0 Å². The largest absolute Gasteiger partial charge is 0.478 e. The molecule has 16 heteroatoms. The van der Waals surface area contributed by atoms with Gasteiger partial charge in [0.2, 0.25) is 0 Å². The SMILES string of the molecule is C=CC(=O)O.C=CC(=O)O.C=CC(=O)O.C=CC(=O)O.OCC(CO)(CO)COCC(CO)(CO)CO.[SiH4]. The average Bonchev–Trinajstić information content (AvgIpc) is 2.90. The highest BCUT2D eigenvalue weighted by molar-refractivity contribution is 5.79. The Morgan fingerprint density at radius 2 is 0.632 bits per heavy atom. The van der Waals surface area contributed by atoms with Crippen LogP contribution in [0.15, 0.2) is 50.6 Å². The van der Waals surface area contributed by atoms with E-state index in [4.69, 9.17) is 55.8 Å². The normalized spacial score (nSPS) is 9.21. The molecule has 15 nitrogen and oxygen atoms in total. The Balaban J connectivity index is -0.0000000997. The topological polar surface area (TPSA) is 280 Å². The van der Waals surface area contributed by atoms with E-state index in [1.807, 2.05) is 0 Å². The lowest BCUT2D eigenvalue weighted by Gasteiger charge is -2.31. The van der Waals surface area contributed by atoms with Crippen LogP contribution in [0.4, 0.5) is 0 Å². The molecule has 0 rings (SSSR count). The van der Waals surface area contributed by atoms with Gasteiger partial charge in [-0.2, -0.15) is 0 Å². The van der Waals surface area contributed by atoms with Gasteiger partial charge in [0, 0.05) is 24.3 Å². The second-order valence-electron chi connectivity index (χ2n) is 6.61. The lowest BCUT2D eigenvalue weighted by atomic mass is 9.91. The summed E-state index contributed by atoms with van der Waals surface area (Å²) in [5.74, 6) is -3.93. The Hall–Kier alpha value is -3.22. The van der Waals surface area contributed by atoms with Crippen molar-refractivity contribution in [3.8, 4) is 0 Å². The van der Waals surface area contributed by atoms with Crippen LogP contribution >= 0.6 is 0 Å². The summed E-state index contributed by atoms with van der Waals surface area (Å²) >= 11 is 0. The van der Waals surface area contributed by atoms with E-state index in [1.165, 1.54) is 0 Å². The average molecular weight is 575 g/mol. The highest BCUT2D eigenvalue weighted by Gasteiger charge is 2.32. The third kappa shape index (κ3) is 34.9. The van der Waals surface area contributed by atoms with Crippen LogP contribution in [-0.4, -0.2) is 139 Å². The monoisotopic (exact) mass is 574 g/mol. The minimum Gasteiger partial charge on any atom is -0.478 e. The first kappa shape index (κ1) is 47.9. The summed E-state index contributed by atoms with van der Waals surface area (Å²) in [6, 6.07) is 0. The molecule has 0 aliphatic carbocycles. The molecule has 0 aliphatic rings. The smallest absolute Gasteiger partial charge is 0.327 e. The van der Waals surface area contributed by atoms with Crippen LogP contribution in [0.1, 0.15) is 0 Å². The lowest BCUT2D eigenvalue weighted by Crippen LogP contribution is -2.43. The van der Waals surface area contributed by atoms with Crippen molar-refractivity contribution < 1.29 is 75.0 Å². The fourth-order valence-corrected chi connectivity index (χ4v) is 1.06. The molecule has 0 atom stereocenters. The number of aliphatic hydroxyl groups excluding tert-OH is 6. The van der Waals surface area contributed by atoms with Gasteiger partial charge >= 0.3 is 23.9 Å². The van der Waals surface area contributed by atoms with Gasteiger partial charge in [-0.25, -0.2) is 19.2 Å². The zero-order chi connectivity index (χ0) is 30.5. The van der Waals surface area contributed by atoms with Gasteiger partial charge in [0.25, 0.3) is 0 Å². The van der Waals surface area contributed by atoms with Gasteiger partial charge in [-0.1, -0.05) is 26.3 Å². The maximum absolute atomic E-state index is 9.25. The van der Waals surface area contributed by atoms with Crippen molar-refractivity contribution in [3.63, 3.8) is 0 Å². The van der Waals surface area contributed by atoms with Crippen LogP contribution in [0.2, 0.25) is 0 Å². The van der Waals surface area contributed by atoms with Crippen LogP contribution in [0.3, 0.4) is 0 Å². The van der Waals surface area contributed by atoms with E-state index < -0.39 is 74.3 Å². The van der Waals surface area contributed by atoms with E-state index >= 15 is 0 Å². The molecule has 0 aromatic carbocycles. The van der Waals surface area contributed by atoms with Crippen LogP contribution in [0.5, 0.6) is 0 Å². The Kier molecular flexibility index (Phi) is 40.1. The van der Waals surface area contributed by atoms with E-state index in [0.717, 1.165) is 24.3 Å². The van der Waals surface area contributed by atoms with E-state index in [9.17, 15) is 19.2 Å². The Morgan fingerprint density at radius 3 is 0.711 bits per heavy atom.